The maximum atomic E-state index is 11.9. The first-order valence-electron chi connectivity index (χ1n) is 5.53. The van der Waals surface area contributed by atoms with E-state index >= 15 is 0 Å². The summed E-state index contributed by atoms with van der Waals surface area (Å²) in [6, 6.07) is 0. The highest BCUT2D eigenvalue weighted by atomic mass is 32.1. The van der Waals surface area contributed by atoms with Gasteiger partial charge in [-0.05, 0) is 6.92 Å². The van der Waals surface area contributed by atoms with Crippen LogP contribution in [-0.2, 0) is 11.8 Å². The number of carbonyl (C=O) groups excluding carboxylic acids is 2. The molecule has 2 heterocycles. The van der Waals surface area contributed by atoms with Crippen molar-refractivity contribution < 1.29 is 14.3 Å². The fraction of sp³-hybridized carbons (Fsp3) is 0.273. The van der Waals surface area contributed by atoms with Gasteiger partial charge in [0.25, 0.3) is 5.91 Å². The van der Waals surface area contributed by atoms with Gasteiger partial charge in [0, 0.05) is 18.6 Å². The number of aryl methyl sites for hydroxylation is 1. The van der Waals surface area contributed by atoms with Gasteiger partial charge in [0.05, 0.1) is 12.8 Å². The SMILES string of the molecule is CCOC(=O)c1cnn(C)c1NC(=O)c1nccs1. The third-order valence-electron chi connectivity index (χ3n) is 2.29. The summed E-state index contributed by atoms with van der Waals surface area (Å²) in [6.45, 7) is 1.97. The number of hydrogen-bond acceptors (Lipinski definition) is 6. The molecule has 0 fully saturated rings. The summed E-state index contributed by atoms with van der Waals surface area (Å²) in [7, 11) is 1.63. The second-order valence-corrected chi connectivity index (χ2v) is 4.44. The normalized spacial score (nSPS) is 10.2. The Morgan fingerprint density at radius 2 is 2.32 bits per heavy atom. The quantitative estimate of drug-likeness (QED) is 0.853. The van der Waals surface area contributed by atoms with Crippen molar-refractivity contribution in [2.45, 2.75) is 6.92 Å². The van der Waals surface area contributed by atoms with Crippen molar-refractivity contribution in [2.24, 2.45) is 7.05 Å². The van der Waals surface area contributed by atoms with E-state index in [4.69, 9.17) is 4.74 Å². The number of hydrogen-bond donors (Lipinski definition) is 1. The molecule has 0 aromatic carbocycles. The Morgan fingerprint density at radius 3 is 2.95 bits per heavy atom. The Kier molecular flexibility index (Phi) is 3.91. The summed E-state index contributed by atoms with van der Waals surface area (Å²) in [5, 5.41) is 8.56. The van der Waals surface area contributed by atoms with Crippen molar-refractivity contribution in [1.29, 1.82) is 0 Å². The van der Waals surface area contributed by atoms with Crippen LogP contribution in [0.1, 0.15) is 27.1 Å². The van der Waals surface area contributed by atoms with Crippen molar-refractivity contribution in [3.8, 4) is 0 Å². The molecule has 0 aliphatic carbocycles. The molecule has 0 aliphatic rings. The van der Waals surface area contributed by atoms with Crippen LogP contribution in [0, 0.1) is 0 Å². The lowest BCUT2D eigenvalue weighted by Gasteiger charge is -2.06. The van der Waals surface area contributed by atoms with Gasteiger partial charge in [-0.2, -0.15) is 5.10 Å². The Labute approximate surface area is 113 Å². The molecule has 1 amide bonds. The predicted molar refractivity (Wildman–Crippen MR) is 69.2 cm³/mol. The lowest BCUT2D eigenvalue weighted by atomic mass is 10.3. The highest BCUT2D eigenvalue weighted by Crippen LogP contribution is 2.17. The molecule has 8 heteroatoms. The Hall–Kier alpha value is -2.22. The van der Waals surface area contributed by atoms with Gasteiger partial charge in [0.1, 0.15) is 11.4 Å². The van der Waals surface area contributed by atoms with E-state index < -0.39 is 5.97 Å². The minimum atomic E-state index is -0.523. The van der Waals surface area contributed by atoms with Crippen molar-refractivity contribution in [1.82, 2.24) is 14.8 Å². The fourth-order valence-corrected chi connectivity index (χ4v) is 1.97. The summed E-state index contributed by atoms with van der Waals surface area (Å²) >= 11 is 1.21. The van der Waals surface area contributed by atoms with E-state index in [2.05, 4.69) is 15.4 Å². The van der Waals surface area contributed by atoms with E-state index in [1.807, 2.05) is 0 Å². The van der Waals surface area contributed by atoms with Crippen LogP contribution in [0.3, 0.4) is 0 Å². The summed E-state index contributed by atoms with van der Waals surface area (Å²) in [6.07, 6.45) is 2.89. The molecule has 0 unspecified atom stereocenters. The molecule has 0 spiro atoms. The largest absolute Gasteiger partial charge is 0.462 e. The zero-order valence-electron chi connectivity index (χ0n) is 10.4. The number of nitrogens with zero attached hydrogens (tertiary/aromatic N) is 3. The van der Waals surface area contributed by atoms with Crippen LogP contribution in [0.15, 0.2) is 17.8 Å². The molecule has 0 radical (unpaired) electrons. The molecule has 2 aromatic heterocycles. The maximum Gasteiger partial charge on any atom is 0.343 e. The first-order valence-corrected chi connectivity index (χ1v) is 6.41. The first kappa shape index (κ1) is 13.2. The molecule has 7 nitrogen and oxygen atoms in total. The summed E-state index contributed by atoms with van der Waals surface area (Å²) in [5.41, 5.74) is 0.217. The van der Waals surface area contributed by atoms with Crippen LogP contribution < -0.4 is 5.32 Å². The number of anilines is 1. The van der Waals surface area contributed by atoms with Crippen LogP contribution in [-0.4, -0.2) is 33.2 Å². The number of nitrogens with one attached hydrogen (secondary N) is 1. The highest BCUT2D eigenvalue weighted by Gasteiger charge is 2.20. The molecule has 0 saturated heterocycles. The van der Waals surface area contributed by atoms with E-state index in [9.17, 15) is 9.59 Å². The second-order valence-electron chi connectivity index (χ2n) is 3.54. The molecule has 0 saturated carbocycles. The Morgan fingerprint density at radius 1 is 1.53 bits per heavy atom. The average molecular weight is 280 g/mol. The van der Waals surface area contributed by atoms with Gasteiger partial charge in [0.2, 0.25) is 0 Å². The number of aromatic nitrogens is 3. The molecule has 100 valence electrons. The van der Waals surface area contributed by atoms with Crippen molar-refractivity contribution in [3.63, 3.8) is 0 Å². The van der Waals surface area contributed by atoms with Gasteiger partial charge in [-0.25, -0.2) is 9.78 Å². The van der Waals surface area contributed by atoms with Crippen LogP contribution in [0.25, 0.3) is 0 Å². The topological polar surface area (TPSA) is 86.1 Å². The predicted octanol–water partition coefficient (Wildman–Crippen LogP) is 1.31. The third-order valence-corrected chi connectivity index (χ3v) is 3.06. The number of carbonyl (C=O) groups is 2. The lowest BCUT2D eigenvalue weighted by Crippen LogP contribution is -2.17. The van der Waals surface area contributed by atoms with E-state index in [0.29, 0.717) is 10.8 Å². The van der Waals surface area contributed by atoms with Crippen LogP contribution >= 0.6 is 11.3 Å². The number of ether oxygens (including phenoxy) is 1. The van der Waals surface area contributed by atoms with Crippen molar-refractivity contribution in [2.75, 3.05) is 11.9 Å². The highest BCUT2D eigenvalue weighted by molar-refractivity contribution is 7.11. The Bertz CT molecular complexity index is 591. The maximum absolute atomic E-state index is 11.9. The van der Waals surface area contributed by atoms with Gasteiger partial charge in [-0.3, -0.25) is 9.48 Å². The van der Waals surface area contributed by atoms with Gasteiger partial charge in [-0.15, -0.1) is 11.3 Å². The minimum absolute atomic E-state index is 0.217. The van der Waals surface area contributed by atoms with Gasteiger partial charge in [0.15, 0.2) is 5.01 Å². The monoisotopic (exact) mass is 280 g/mol. The number of amides is 1. The van der Waals surface area contributed by atoms with Crippen LogP contribution in [0.4, 0.5) is 5.82 Å². The summed E-state index contributed by atoms with van der Waals surface area (Å²) in [5.74, 6) is -0.618. The first-order chi connectivity index (χ1) is 9.13. The Balaban J connectivity index is 2.22. The van der Waals surface area contributed by atoms with E-state index in [1.165, 1.54) is 28.4 Å². The molecule has 2 aromatic rings. The van der Waals surface area contributed by atoms with E-state index in [-0.39, 0.29) is 18.1 Å². The molecular formula is C11H12N4O3S. The van der Waals surface area contributed by atoms with E-state index in [1.54, 1.807) is 19.4 Å². The second kappa shape index (κ2) is 5.61. The molecule has 1 N–H and O–H groups in total. The minimum Gasteiger partial charge on any atom is -0.462 e. The number of esters is 1. The standard InChI is InChI=1S/C11H12N4O3S/c1-3-18-11(17)7-6-13-15(2)8(7)14-9(16)10-12-4-5-19-10/h4-6H,3H2,1-2H3,(H,14,16). The van der Waals surface area contributed by atoms with Gasteiger partial charge < -0.3 is 10.1 Å². The number of thiazole rings is 1. The van der Waals surface area contributed by atoms with Gasteiger partial charge >= 0.3 is 5.97 Å². The van der Waals surface area contributed by atoms with Crippen molar-refractivity contribution in [3.05, 3.63) is 28.3 Å². The molecule has 0 atom stereocenters. The zero-order chi connectivity index (χ0) is 13.8. The van der Waals surface area contributed by atoms with Crippen molar-refractivity contribution >= 4 is 29.0 Å². The average Bonchev–Trinajstić information content (AvgIpc) is 3.01. The molecule has 19 heavy (non-hydrogen) atoms. The van der Waals surface area contributed by atoms with E-state index in [0.717, 1.165) is 0 Å². The van der Waals surface area contributed by atoms with Gasteiger partial charge in [-0.1, -0.05) is 0 Å². The molecule has 0 aliphatic heterocycles. The molecule has 2 rings (SSSR count). The summed E-state index contributed by atoms with van der Waals surface area (Å²) in [4.78, 5) is 27.5. The number of rotatable bonds is 4. The van der Waals surface area contributed by atoms with Crippen LogP contribution in [0.2, 0.25) is 0 Å². The zero-order valence-corrected chi connectivity index (χ0v) is 11.2. The third kappa shape index (κ3) is 2.79. The van der Waals surface area contributed by atoms with Crippen LogP contribution in [0.5, 0.6) is 0 Å². The lowest BCUT2D eigenvalue weighted by molar-refractivity contribution is 0.0527. The molecular weight excluding hydrogens is 268 g/mol. The fourth-order valence-electron chi connectivity index (χ4n) is 1.44. The smallest absolute Gasteiger partial charge is 0.343 e. The molecule has 0 bridgehead atoms. The summed E-state index contributed by atoms with van der Waals surface area (Å²) < 4.78 is 6.30.